The minimum Gasteiger partial charge on any atom is -0.756 e. The molecule has 0 radical (unpaired) electrons. The van der Waals surface area contributed by atoms with Crippen molar-refractivity contribution < 1.29 is 37.3 Å². The standard InChI is InChI=1S/C45H86NO7P/c1-6-8-10-12-14-16-18-20-22-23-24-26-28-30-32-34-36-38-45(47)53-44(43-52-54(48,49)51-41-39-46(3,4)5)42-50-40-37-35-33-31-29-27-25-21-19-17-15-13-11-9-7-2/h14,16,19-22,44H,6-13,15,17-18,23-43H2,1-5H3/b16-14-,21-19-,22-20-. The van der Waals surface area contributed by atoms with Crippen molar-refractivity contribution in [3.05, 3.63) is 36.5 Å². The summed E-state index contributed by atoms with van der Waals surface area (Å²) in [6.07, 6.45) is 44.3. The topological polar surface area (TPSA) is 94.1 Å². The molecule has 0 bridgehead atoms. The Balaban J connectivity index is 4.25. The quantitative estimate of drug-likeness (QED) is 0.0200. The Bertz CT molecular complexity index is 962. The third-order valence-corrected chi connectivity index (χ3v) is 10.4. The van der Waals surface area contributed by atoms with Gasteiger partial charge in [0.1, 0.15) is 19.3 Å². The van der Waals surface area contributed by atoms with Gasteiger partial charge in [0.2, 0.25) is 0 Å². The number of likely N-dealkylation sites (N-methyl/N-ethyl adjacent to an activating group) is 1. The number of quaternary nitrogens is 1. The van der Waals surface area contributed by atoms with Crippen LogP contribution in [0.4, 0.5) is 0 Å². The molecule has 0 spiro atoms. The lowest BCUT2D eigenvalue weighted by Gasteiger charge is -2.28. The molecule has 0 aliphatic carbocycles. The molecule has 2 unspecified atom stereocenters. The maximum atomic E-state index is 12.7. The van der Waals surface area contributed by atoms with Gasteiger partial charge in [0.15, 0.2) is 0 Å². The van der Waals surface area contributed by atoms with Gasteiger partial charge >= 0.3 is 5.97 Å². The molecule has 2 atom stereocenters. The van der Waals surface area contributed by atoms with E-state index in [2.05, 4.69) is 50.3 Å². The highest BCUT2D eigenvalue weighted by Gasteiger charge is 2.20. The van der Waals surface area contributed by atoms with E-state index < -0.39 is 13.9 Å². The highest BCUT2D eigenvalue weighted by molar-refractivity contribution is 7.45. The molecule has 0 aromatic rings. The molecular formula is C45H86NO7P. The molecule has 0 amide bonds. The van der Waals surface area contributed by atoms with Crippen molar-refractivity contribution in [1.29, 1.82) is 0 Å². The van der Waals surface area contributed by atoms with E-state index in [0.29, 0.717) is 24.1 Å². The van der Waals surface area contributed by atoms with Crippen LogP contribution in [-0.2, 0) is 27.9 Å². The van der Waals surface area contributed by atoms with Gasteiger partial charge in [-0.3, -0.25) is 9.36 Å². The number of hydrogen-bond acceptors (Lipinski definition) is 7. The maximum absolute atomic E-state index is 12.7. The van der Waals surface area contributed by atoms with Crippen LogP contribution in [0.3, 0.4) is 0 Å². The van der Waals surface area contributed by atoms with E-state index in [0.717, 1.165) is 44.9 Å². The van der Waals surface area contributed by atoms with E-state index in [4.69, 9.17) is 18.5 Å². The number of hydrogen-bond donors (Lipinski definition) is 0. The third-order valence-electron chi connectivity index (χ3n) is 9.41. The predicted octanol–water partition coefficient (Wildman–Crippen LogP) is 12.4. The van der Waals surface area contributed by atoms with Crippen molar-refractivity contribution in [3.63, 3.8) is 0 Å². The van der Waals surface area contributed by atoms with Crippen LogP contribution in [0.1, 0.15) is 187 Å². The van der Waals surface area contributed by atoms with Gasteiger partial charge in [0.25, 0.3) is 7.82 Å². The molecule has 0 aliphatic heterocycles. The summed E-state index contributed by atoms with van der Waals surface area (Å²) in [4.78, 5) is 25.0. The lowest BCUT2D eigenvalue weighted by Crippen LogP contribution is -2.37. The molecule has 0 heterocycles. The average Bonchev–Trinajstić information content (AvgIpc) is 3.12. The molecule has 0 fully saturated rings. The number of phosphoric ester groups is 1. The molecular weight excluding hydrogens is 697 g/mol. The molecule has 0 rings (SSSR count). The van der Waals surface area contributed by atoms with Crippen LogP contribution >= 0.6 is 7.82 Å². The zero-order chi connectivity index (χ0) is 39.9. The van der Waals surface area contributed by atoms with Crippen molar-refractivity contribution in [3.8, 4) is 0 Å². The zero-order valence-corrected chi connectivity index (χ0v) is 36.8. The van der Waals surface area contributed by atoms with Gasteiger partial charge in [-0.25, -0.2) is 0 Å². The Morgan fingerprint density at radius 2 is 1.02 bits per heavy atom. The number of allylic oxidation sites excluding steroid dienone is 6. The Labute approximate surface area is 334 Å². The van der Waals surface area contributed by atoms with Crippen molar-refractivity contribution in [2.75, 3.05) is 54.1 Å². The number of phosphoric acid groups is 1. The van der Waals surface area contributed by atoms with E-state index in [1.54, 1.807) is 0 Å². The van der Waals surface area contributed by atoms with Crippen LogP contribution in [0.2, 0.25) is 0 Å². The Morgan fingerprint density at radius 1 is 0.574 bits per heavy atom. The number of ether oxygens (including phenoxy) is 2. The molecule has 54 heavy (non-hydrogen) atoms. The van der Waals surface area contributed by atoms with E-state index in [-0.39, 0.29) is 25.8 Å². The Kier molecular flexibility index (Phi) is 37.7. The first-order chi connectivity index (χ1) is 26.1. The molecule has 8 nitrogen and oxygen atoms in total. The van der Waals surface area contributed by atoms with E-state index in [1.807, 2.05) is 21.1 Å². The molecule has 0 aromatic carbocycles. The van der Waals surface area contributed by atoms with Crippen molar-refractivity contribution in [2.45, 2.75) is 193 Å². The Morgan fingerprint density at radius 3 is 1.56 bits per heavy atom. The smallest absolute Gasteiger partial charge is 0.306 e. The van der Waals surface area contributed by atoms with Gasteiger partial charge in [0, 0.05) is 13.0 Å². The molecule has 0 N–H and O–H groups in total. The first kappa shape index (κ1) is 52.7. The number of rotatable bonds is 41. The van der Waals surface area contributed by atoms with E-state index in [1.165, 1.54) is 122 Å². The summed E-state index contributed by atoms with van der Waals surface area (Å²) in [5.41, 5.74) is 0. The molecule has 0 aliphatic rings. The summed E-state index contributed by atoms with van der Waals surface area (Å²) in [5.74, 6) is -0.344. The van der Waals surface area contributed by atoms with Gasteiger partial charge in [-0.1, -0.05) is 147 Å². The summed E-state index contributed by atoms with van der Waals surface area (Å²) in [5, 5.41) is 0. The summed E-state index contributed by atoms with van der Waals surface area (Å²) in [7, 11) is 1.35. The molecule has 9 heteroatoms. The van der Waals surface area contributed by atoms with Gasteiger partial charge in [-0.15, -0.1) is 0 Å². The number of carbonyl (C=O) groups is 1. The second-order valence-electron chi connectivity index (χ2n) is 16.0. The van der Waals surface area contributed by atoms with Crippen molar-refractivity contribution >= 4 is 13.8 Å². The van der Waals surface area contributed by atoms with E-state index >= 15 is 0 Å². The summed E-state index contributed by atoms with van der Waals surface area (Å²) < 4.78 is 34.6. The fraction of sp³-hybridized carbons (Fsp3) is 0.844. The SMILES string of the molecule is CCCCC/C=C\C/C=C\CCCCCCCCCC(=O)OC(COCCCCCCCC/C=C\CCCCCCC)COP(=O)([O-])OCC[N+](C)(C)C. The second-order valence-corrected chi connectivity index (χ2v) is 17.5. The molecule has 0 aromatic heterocycles. The fourth-order valence-corrected chi connectivity index (χ4v) is 6.65. The van der Waals surface area contributed by atoms with Gasteiger partial charge in [-0.05, 0) is 70.6 Å². The van der Waals surface area contributed by atoms with Crippen LogP contribution in [0.15, 0.2) is 36.5 Å². The Hall–Kier alpha value is -1.28. The van der Waals surface area contributed by atoms with Crippen molar-refractivity contribution in [2.24, 2.45) is 0 Å². The van der Waals surface area contributed by atoms with Crippen LogP contribution < -0.4 is 4.89 Å². The molecule has 318 valence electrons. The lowest BCUT2D eigenvalue weighted by molar-refractivity contribution is -0.870. The van der Waals surface area contributed by atoms with Gasteiger partial charge < -0.3 is 27.9 Å². The fourth-order valence-electron chi connectivity index (χ4n) is 5.92. The largest absolute Gasteiger partial charge is 0.756 e. The van der Waals surface area contributed by atoms with Crippen LogP contribution in [0.5, 0.6) is 0 Å². The molecule has 0 saturated heterocycles. The number of unbranched alkanes of at least 4 members (excludes halogenated alkanes) is 21. The minimum atomic E-state index is -4.53. The monoisotopic (exact) mass is 784 g/mol. The third kappa shape index (κ3) is 41.9. The zero-order valence-electron chi connectivity index (χ0n) is 35.9. The first-order valence-corrected chi connectivity index (χ1v) is 23.7. The summed E-state index contributed by atoms with van der Waals surface area (Å²) in [6.45, 7) is 5.36. The highest BCUT2D eigenvalue weighted by Crippen LogP contribution is 2.38. The van der Waals surface area contributed by atoms with Crippen LogP contribution in [0, 0.1) is 0 Å². The predicted molar refractivity (Wildman–Crippen MR) is 227 cm³/mol. The van der Waals surface area contributed by atoms with E-state index in [9.17, 15) is 14.3 Å². The maximum Gasteiger partial charge on any atom is 0.306 e. The first-order valence-electron chi connectivity index (χ1n) is 22.2. The number of nitrogens with zero attached hydrogens (tertiary/aromatic N) is 1. The second kappa shape index (κ2) is 38.6. The summed E-state index contributed by atoms with van der Waals surface area (Å²) in [6, 6.07) is 0. The minimum absolute atomic E-state index is 0.0231. The highest BCUT2D eigenvalue weighted by atomic mass is 31.2. The normalized spacial score (nSPS) is 14.1. The number of esters is 1. The summed E-state index contributed by atoms with van der Waals surface area (Å²) >= 11 is 0. The lowest BCUT2D eigenvalue weighted by atomic mass is 10.1. The molecule has 0 saturated carbocycles. The van der Waals surface area contributed by atoms with Crippen LogP contribution in [-0.4, -0.2) is 70.7 Å². The van der Waals surface area contributed by atoms with Gasteiger partial charge in [-0.2, -0.15) is 0 Å². The van der Waals surface area contributed by atoms with Gasteiger partial charge in [0.05, 0.1) is 34.4 Å². The average molecular weight is 784 g/mol. The number of carbonyl (C=O) groups excluding carboxylic acids is 1. The van der Waals surface area contributed by atoms with Crippen LogP contribution in [0.25, 0.3) is 0 Å². The van der Waals surface area contributed by atoms with Crippen molar-refractivity contribution in [1.82, 2.24) is 0 Å².